The predicted octanol–water partition coefficient (Wildman–Crippen LogP) is 5.43. The molecule has 0 unspecified atom stereocenters. The van der Waals surface area contributed by atoms with Crippen molar-refractivity contribution in [3.63, 3.8) is 0 Å². The molecule has 0 bridgehead atoms. The molecule has 2 N–H and O–H groups in total. The lowest BCUT2D eigenvalue weighted by Gasteiger charge is -2.16. The van der Waals surface area contributed by atoms with Crippen molar-refractivity contribution >= 4 is 27.9 Å². The van der Waals surface area contributed by atoms with Crippen molar-refractivity contribution in [1.29, 1.82) is 5.26 Å². The molecule has 1 aromatic carbocycles. The third kappa shape index (κ3) is 3.81. The Morgan fingerprint density at radius 1 is 0.943 bits per heavy atom. The van der Waals surface area contributed by atoms with Gasteiger partial charge in [-0.05, 0) is 49.7 Å². The molecular weight excluding hydrogens is 455 g/mol. The number of fused-ring (bicyclic) bond motifs is 3. The molecule has 0 aliphatic rings. The number of alkyl halides is 3. The maximum Gasteiger partial charge on any atom is 0.419 e. The summed E-state index contributed by atoms with van der Waals surface area (Å²) < 4.78 is 41.9. The Morgan fingerprint density at radius 2 is 1.69 bits per heavy atom. The summed E-state index contributed by atoms with van der Waals surface area (Å²) in [7, 11) is 0. The molecule has 10 heteroatoms. The van der Waals surface area contributed by atoms with Crippen LogP contribution in [-0.2, 0) is 11.6 Å². The minimum absolute atomic E-state index is 0.180. The molecule has 174 valence electrons. The number of anilines is 1. The molecule has 0 amide bonds. The van der Waals surface area contributed by atoms with Crippen LogP contribution in [0.25, 0.3) is 39.0 Å². The number of pyridine rings is 3. The van der Waals surface area contributed by atoms with Gasteiger partial charge in [0.05, 0.1) is 34.5 Å². The number of nitrogens with two attached hydrogens (primary N) is 1. The number of rotatable bonds is 3. The minimum atomic E-state index is -4.64. The van der Waals surface area contributed by atoms with Gasteiger partial charge in [-0.25, -0.2) is 15.0 Å². The molecule has 0 radical (unpaired) electrons. The number of benzene rings is 1. The summed E-state index contributed by atoms with van der Waals surface area (Å²) in [6.45, 7) is 3.69. The summed E-state index contributed by atoms with van der Waals surface area (Å²) >= 11 is 0. The average Bonchev–Trinajstić information content (AvgIpc) is 3.28. The highest BCUT2D eigenvalue weighted by molar-refractivity contribution is 6.01. The predicted molar refractivity (Wildman–Crippen MR) is 125 cm³/mol. The second-order valence-electron chi connectivity index (χ2n) is 8.61. The first-order valence-electron chi connectivity index (χ1n) is 10.6. The smallest absolute Gasteiger partial charge is 0.383 e. The van der Waals surface area contributed by atoms with E-state index < -0.39 is 23.0 Å². The Morgan fingerprint density at radius 3 is 2.37 bits per heavy atom. The zero-order valence-electron chi connectivity index (χ0n) is 18.7. The number of aromatic nitrogens is 5. The molecule has 0 spiro atoms. The molecule has 4 aromatic heterocycles. The third-order valence-electron chi connectivity index (χ3n) is 5.89. The van der Waals surface area contributed by atoms with E-state index in [2.05, 4.69) is 26.0 Å². The van der Waals surface area contributed by atoms with E-state index in [4.69, 9.17) is 5.73 Å². The molecule has 7 nitrogen and oxygen atoms in total. The molecule has 0 fully saturated rings. The summed E-state index contributed by atoms with van der Waals surface area (Å²) in [6, 6.07) is 14.0. The first kappa shape index (κ1) is 22.3. The fraction of sp³-hybridized carbons (Fsp3) is 0.160. The number of imidazole rings is 1. The van der Waals surface area contributed by atoms with Gasteiger partial charge < -0.3 is 5.73 Å². The summed E-state index contributed by atoms with van der Waals surface area (Å²) in [5, 5.41) is 9.40. The highest BCUT2D eigenvalue weighted by Gasteiger charge is 2.34. The summed E-state index contributed by atoms with van der Waals surface area (Å²) in [5.41, 5.74) is 8.20. The van der Waals surface area contributed by atoms with Crippen LogP contribution in [0.15, 0.2) is 61.2 Å². The van der Waals surface area contributed by atoms with Crippen molar-refractivity contribution in [2.45, 2.75) is 25.4 Å². The van der Waals surface area contributed by atoms with Crippen molar-refractivity contribution in [3.05, 3.63) is 72.3 Å². The maximum absolute atomic E-state index is 13.3. The standard InChI is InChI=1S/C25H18F3N7/c1-24(2,12-29)15-3-5-16(6-4-15)35-13-33-20-11-31-19-8-7-18(34-21(19)22(20)35)14-9-17(25(26,27)28)23(30)32-10-14/h3-11,13H,1-2H3,(H2,30,32). The van der Waals surface area contributed by atoms with E-state index in [1.807, 2.05) is 42.7 Å². The monoisotopic (exact) mass is 473 g/mol. The average molecular weight is 473 g/mol. The van der Waals surface area contributed by atoms with Gasteiger partial charge in [0.1, 0.15) is 28.7 Å². The van der Waals surface area contributed by atoms with Gasteiger partial charge >= 0.3 is 6.18 Å². The lowest BCUT2D eigenvalue weighted by molar-refractivity contribution is -0.137. The zero-order valence-corrected chi connectivity index (χ0v) is 18.7. The van der Waals surface area contributed by atoms with Crippen molar-refractivity contribution < 1.29 is 13.2 Å². The molecule has 0 aliphatic carbocycles. The van der Waals surface area contributed by atoms with Gasteiger partial charge in [-0.15, -0.1) is 0 Å². The first-order valence-corrected chi connectivity index (χ1v) is 10.6. The highest BCUT2D eigenvalue weighted by atomic mass is 19.4. The van der Waals surface area contributed by atoms with Crippen LogP contribution in [0.3, 0.4) is 0 Å². The topological polar surface area (TPSA) is 106 Å². The van der Waals surface area contributed by atoms with Gasteiger partial charge in [0.15, 0.2) is 0 Å². The SMILES string of the molecule is CC(C)(C#N)c1ccc(-n2cnc3cnc4ccc(-c5cnc(N)c(C(F)(F)F)c5)nc4c32)cc1. The fourth-order valence-corrected chi connectivity index (χ4v) is 3.86. The van der Waals surface area contributed by atoms with E-state index in [-0.39, 0.29) is 5.56 Å². The van der Waals surface area contributed by atoms with Crippen LogP contribution >= 0.6 is 0 Å². The molecule has 0 saturated heterocycles. The van der Waals surface area contributed by atoms with Crippen LogP contribution in [0.2, 0.25) is 0 Å². The Labute approximate surface area is 197 Å². The number of halogens is 3. The normalized spacial score (nSPS) is 12.2. The first-order chi connectivity index (χ1) is 16.6. The van der Waals surface area contributed by atoms with Gasteiger partial charge in [-0.2, -0.15) is 18.4 Å². The number of hydrogen-bond donors (Lipinski definition) is 1. The third-order valence-corrected chi connectivity index (χ3v) is 5.89. The lowest BCUT2D eigenvalue weighted by Crippen LogP contribution is -2.13. The molecule has 0 atom stereocenters. The zero-order chi connectivity index (χ0) is 25.0. The molecule has 5 rings (SSSR count). The molecule has 0 aliphatic heterocycles. The van der Waals surface area contributed by atoms with Crippen LogP contribution in [0.1, 0.15) is 25.0 Å². The Kier molecular flexibility index (Phi) is 4.95. The van der Waals surface area contributed by atoms with Crippen LogP contribution in [0, 0.1) is 11.3 Å². The number of nitriles is 1. The molecule has 5 aromatic rings. The van der Waals surface area contributed by atoms with E-state index in [0.29, 0.717) is 27.8 Å². The van der Waals surface area contributed by atoms with Crippen molar-refractivity contribution in [1.82, 2.24) is 24.5 Å². The maximum atomic E-state index is 13.3. The van der Waals surface area contributed by atoms with Crippen LogP contribution in [-0.4, -0.2) is 24.5 Å². The number of hydrogen-bond acceptors (Lipinski definition) is 6. The Hall–Kier alpha value is -4.52. The van der Waals surface area contributed by atoms with Gasteiger partial charge in [0.2, 0.25) is 0 Å². The lowest BCUT2D eigenvalue weighted by atomic mass is 9.86. The van der Waals surface area contributed by atoms with Crippen molar-refractivity contribution in [2.24, 2.45) is 0 Å². The molecular formula is C25H18F3N7. The summed E-state index contributed by atoms with van der Waals surface area (Å²) in [6.07, 6.45) is -0.116. The van der Waals surface area contributed by atoms with E-state index in [1.54, 1.807) is 24.7 Å². The quantitative estimate of drug-likeness (QED) is 0.374. The largest absolute Gasteiger partial charge is 0.419 e. The van der Waals surface area contributed by atoms with Gasteiger partial charge in [-0.3, -0.25) is 9.55 Å². The van der Waals surface area contributed by atoms with E-state index in [9.17, 15) is 18.4 Å². The number of nitrogens with zero attached hydrogens (tertiary/aromatic N) is 6. The van der Waals surface area contributed by atoms with Gasteiger partial charge in [-0.1, -0.05) is 12.1 Å². The second-order valence-corrected chi connectivity index (χ2v) is 8.61. The molecule has 35 heavy (non-hydrogen) atoms. The van der Waals surface area contributed by atoms with Crippen LogP contribution < -0.4 is 5.73 Å². The number of nitrogen functional groups attached to an aromatic ring is 1. The van der Waals surface area contributed by atoms with Crippen LogP contribution in [0.4, 0.5) is 19.0 Å². The highest BCUT2D eigenvalue weighted by Crippen LogP contribution is 2.35. The second kappa shape index (κ2) is 7.77. The van der Waals surface area contributed by atoms with Crippen molar-refractivity contribution in [3.8, 4) is 23.0 Å². The fourth-order valence-electron chi connectivity index (χ4n) is 3.86. The molecule has 0 saturated carbocycles. The van der Waals surface area contributed by atoms with E-state index in [1.165, 1.54) is 6.20 Å². The molecule has 4 heterocycles. The summed E-state index contributed by atoms with van der Waals surface area (Å²) in [5.74, 6) is -0.591. The van der Waals surface area contributed by atoms with Gasteiger partial charge in [0, 0.05) is 17.4 Å². The Bertz CT molecular complexity index is 1630. The minimum Gasteiger partial charge on any atom is -0.383 e. The Balaban J connectivity index is 1.68. The van der Waals surface area contributed by atoms with E-state index in [0.717, 1.165) is 17.3 Å². The van der Waals surface area contributed by atoms with Crippen molar-refractivity contribution in [2.75, 3.05) is 5.73 Å². The summed E-state index contributed by atoms with van der Waals surface area (Å²) in [4.78, 5) is 17.2. The van der Waals surface area contributed by atoms with E-state index >= 15 is 0 Å². The van der Waals surface area contributed by atoms with Gasteiger partial charge in [0.25, 0.3) is 0 Å². The van der Waals surface area contributed by atoms with Crippen LogP contribution in [0.5, 0.6) is 0 Å².